The van der Waals surface area contributed by atoms with Crippen molar-refractivity contribution >= 4 is 33.0 Å². The van der Waals surface area contributed by atoms with Crippen LogP contribution in [0.25, 0.3) is 0 Å². The van der Waals surface area contributed by atoms with Crippen molar-refractivity contribution in [2.75, 3.05) is 62.8 Å². The number of nitrogens with two attached hydrogens (primary N) is 1. The molecule has 0 radical (unpaired) electrons. The van der Waals surface area contributed by atoms with Crippen LogP contribution in [0.1, 0.15) is 6.42 Å². The normalized spacial score (nSPS) is 17.8. The fraction of sp³-hybridized carbons (Fsp3) is 0.600. The van der Waals surface area contributed by atoms with Gasteiger partial charge < -0.3 is 22.6 Å². The standard InChI is InChI=1S/C15H26ClN4O3S.ClH/c1-18-6-9-20(2,10-7-18)8-3-11-24(22,23)19(21)13-4-5-15(17)14(16)12-13;/h4-5,12,21H,3,6-11,17H2,1-2H3;1H/q+1;/p-1. The number of anilines is 2. The SMILES string of the molecule is CN1CC[N+](C)(CCCS(=O)(=O)N(O)c2ccc(N)c(Cl)c2)CC1.[Cl-]. The smallest absolute Gasteiger partial charge is 0.257 e. The van der Waals surface area contributed by atoms with E-state index in [9.17, 15) is 13.6 Å². The van der Waals surface area contributed by atoms with Crippen LogP contribution in [0.4, 0.5) is 11.4 Å². The van der Waals surface area contributed by atoms with E-state index in [2.05, 4.69) is 19.0 Å². The molecule has 1 fully saturated rings. The van der Waals surface area contributed by atoms with E-state index in [-0.39, 0.29) is 28.9 Å². The molecule has 2 rings (SSSR count). The van der Waals surface area contributed by atoms with Crippen molar-refractivity contribution in [1.82, 2.24) is 4.90 Å². The molecule has 3 N–H and O–H groups in total. The van der Waals surface area contributed by atoms with Gasteiger partial charge in [-0.2, -0.15) is 0 Å². The number of hydrogen-bond acceptors (Lipinski definition) is 5. The first-order chi connectivity index (χ1) is 11.1. The summed E-state index contributed by atoms with van der Waals surface area (Å²) in [5.74, 6) is -0.116. The summed E-state index contributed by atoms with van der Waals surface area (Å²) < 4.78 is 25.8. The predicted molar refractivity (Wildman–Crippen MR) is 96.8 cm³/mol. The number of piperazine rings is 1. The van der Waals surface area contributed by atoms with Gasteiger partial charge in [-0.1, -0.05) is 11.6 Å². The Morgan fingerprint density at radius 1 is 1.36 bits per heavy atom. The molecule has 0 bridgehead atoms. The van der Waals surface area contributed by atoms with Gasteiger partial charge >= 0.3 is 0 Å². The molecular formula is C15H26Cl2N4O3S. The highest BCUT2D eigenvalue weighted by atomic mass is 35.5. The molecule has 0 atom stereocenters. The molecule has 10 heteroatoms. The summed E-state index contributed by atoms with van der Waals surface area (Å²) >= 11 is 5.88. The Hall–Kier alpha value is -0.770. The average molecular weight is 413 g/mol. The van der Waals surface area contributed by atoms with Crippen LogP contribution in [0.15, 0.2) is 18.2 Å². The van der Waals surface area contributed by atoms with Crippen molar-refractivity contribution in [3.8, 4) is 0 Å². The van der Waals surface area contributed by atoms with Crippen molar-refractivity contribution in [2.24, 2.45) is 0 Å². The highest BCUT2D eigenvalue weighted by Crippen LogP contribution is 2.26. The third kappa shape index (κ3) is 5.87. The van der Waals surface area contributed by atoms with Gasteiger partial charge in [0.05, 0.1) is 48.8 Å². The zero-order valence-electron chi connectivity index (χ0n) is 14.5. The Kier molecular flexibility index (Phi) is 7.79. The highest BCUT2D eigenvalue weighted by Gasteiger charge is 2.28. The van der Waals surface area contributed by atoms with Crippen molar-refractivity contribution in [1.29, 1.82) is 0 Å². The molecule has 1 aliphatic heterocycles. The third-order valence-electron chi connectivity index (χ3n) is 4.61. The van der Waals surface area contributed by atoms with Crippen molar-refractivity contribution in [2.45, 2.75) is 6.42 Å². The topological polar surface area (TPSA) is 86.9 Å². The summed E-state index contributed by atoms with van der Waals surface area (Å²) in [5, 5.41) is 10.2. The minimum Gasteiger partial charge on any atom is -1.00 e. The minimum atomic E-state index is -3.81. The summed E-state index contributed by atoms with van der Waals surface area (Å²) in [7, 11) is 0.429. The number of benzene rings is 1. The Labute approximate surface area is 161 Å². The Morgan fingerprint density at radius 2 is 1.96 bits per heavy atom. The molecule has 7 nitrogen and oxygen atoms in total. The van der Waals surface area contributed by atoms with Crippen LogP contribution in [0, 0.1) is 0 Å². The van der Waals surface area contributed by atoms with Crippen molar-refractivity contribution < 1.29 is 30.5 Å². The first kappa shape index (κ1) is 22.3. The molecule has 1 aromatic carbocycles. The molecular weight excluding hydrogens is 387 g/mol. The molecule has 1 heterocycles. The monoisotopic (exact) mass is 412 g/mol. The molecule has 25 heavy (non-hydrogen) atoms. The Balaban J connectivity index is 0.00000312. The fourth-order valence-corrected chi connectivity index (χ4v) is 4.06. The molecule has 0 amide bonds. The van der Waals surface area contributed by atoms with E-state index in [0.717, 1.165) is 37.2 Å². The van der Waals surface area contributed by atoms with E-state index in [0.29, 0.717) is 16.6 Å². The number of likely N-dealkylation sites (N-methyl/N-ethyl adjacent to an activating group) is 2. The molecule has 0 aromatic heterocycles. The van der Waals surface area contributed by atoms with Gasteiger partial charge in [0.2, 0.25) is 0 Å². The van der Waals surface area contributed by atoms with Gasteiger partial charge in [0.15, 0.2) is 0 Å². The Morgan fingerprint density at radius 3 is 2.52 bits per heavy atom. The maximum atomic E-state index is 12.3. The van der Waals surface area contributed by atoms with Gasteiger partial charge in [-0.15, -0.1) is 4.47 Å². The lowest BCUT2D eigenvalue weighted by molar-refractivity contribution is -0.913. The van der Waals surface area contributed by atoms with Crippen LogP contribution in [0.3, 0.4) is 0 Å². The second kappa shape index (κ2) is 8.75. The number of sulfonamides is 1. The zero-order valence-corrected chi connectivity index (χ0v) is 16.9. The molecule has 1 aromatic rings. The van der Waals surface area contributed by atoms with Gasteiger partial charge in [0.25, 0.3) is 10.0 Å². The van der Waals surface area contributed by atoms with Crippen molar-refractivity contribution in [3.63, 3.8) is 0 Å². The second-order valence-corrected chi connectivity index (χ2v) is 9.04. The van der Waals surface area contributed by atoms with Crippen LogP contribution in [0.5, 0.6) is 0 Å². The van der Waals surface area contributed by atoms with Crippen LogP contribution in [-0.4, -0.2) is 75.6 Å². The van der Waals surface area contributed by atoms with E-state index in [1.165, 1.54) is 18.2 Å². The summed E-state index contributed by atoms with van der Waals surface area (Å²) in [6, 6.07) is 4.22. The minimum absolute atomic E-state index is 0. The van der Waals surface area contributed by atoms with Gasteiger partial charge in [-0.25, -0.2) is 8.42 Å². The molecule has 0 aliphatic carbocycles. The summed E-state index contributed by atoms with van der Waals surface area (Å²) in [6.45, 7) is 4.81. The average Bonchev–Trinajstić information content (AvgIpc) is 2.52. The largest absolute Gasteiger partial charge is 1.00 e. The van der Waals surface area contributed by atoms with Crippen LogP contribution in [0.2, 0.25) is 5.02 Å². The lowest BCUT2D eigenvalue weighted by Gasteiger charge is -2.41. The molecule has 0 saturated carbocycles. The number of quaternary nitrogens is 1. The van der Waals surface area contributed by atoms with Gasteiger partial charge in [-0.3, -0.25) is 10.1 Å². The molecule has 144 valence electrons. The number of rotatable bonds is 6. The molecule has 1 saturated heterocycles. The van der Waals surface area contributed by atoms with Gasteiger partial charge in [0, 0.05) is 19.5 Å². The lowest BCUT2D eigenvalue weighted by Crippen LogP contribution is -3.00. The molecule has 1 aliphatic rings. The van der Waals surface area contributed by atoms with Crippen molar-refractivity contribution in [3.05, 3.63) is 23.2 Å². The van der Waals surface area contributed by atoms with Gasteiger partial charge in [0.1, 0.15) is 0 Å². The third-order valence-corrected chi connectivity index (χ3v) is 6.48. The second-order valence-electron chi connectivity index (χ2n) is 6.71. The van der Waals surface area contributed by atoms with Crippen LogP contribution >= 0.6 is 11.6 Å². The van der Waals surface area contributed by atoms with E-state index < -0.39 is 10.0 Å². The van der Waals surface area contributed by atoms with Crippen LogP contribution in [-0.2, 0) is 10.0 Å². The lowest BCUT2D eigenvalue weighted by atomic mass is 10.2. The zero-order chi connectivity index (χ0) is 18.0. The van der Waals surface area contributed by atoms with Gasteiger partial charge in [-0.05, 0) is 25.2 Å². The number of halogens is 2. The summed E-state index contributed by atoms with van der Waals surface area (Å²) in [6.07, 6.45) is 0.488. The number of hydrogen-bond donors (Lipinski definition) is 2. The molecule has 0 spiro atoms. The van der Waals surface area contributed by atoms with E-state index in [4.69, 9.17) is 17.3 Å². The van der Waals surface area contributed by atoms with E-state index in [1.807, 2.05) is 0 Å². The van der Waals surface area contributed by atoms with Crippen LogP contribution < -0.4 is 22.6 Å². The predicted octanol–water partition coefficient (Wildman–Crippen LogP) is -1.77. The summed E-state index contributed by atoms with van der Waals surface area (Å²) in [5.41, 5.74) is 6.02. The first-order valence-electron chi connectivity index (χ1n) is 7.92. The highest BCUT2D eigenvalue weighted by molar-refractivity contribution is 7.92. The first-order valence-corrected chi connectivity index (χ1v) is 9.91. The Bertz CT molecular complexity index is 679. The quantitative estimate of drug-likeness (QED) is 0.328. The maximum absolute atomic E-state index is 12.3. The van der Waals surface area contributed by atoms with E-state index >= 15 is 0 Å². The fourth-order valence-electron chi connectivity index (χ4n) is 2.78. The summed E-state index contributed by atoms with van der Waals surface area (Å²) in [4.78, 5) is 2.27. The number of nitrogens with zero attached hydrogens (tertiary/aromatic N) is 3. The van der Waals surface area contributed by atoms with E-state index in [1.54, 1.807) is 0 Å². The number of nitrogen functional groups attached to an aromatic ring is 1. The maximum Gasteiger partial charge on any atom is 0.257 e. The molecule has 0 unspecified atom stereocenters.